The van der Waals surface area contributed by atoms with Gasteiger partial charge >= 0.3 is 0 Å². The average Bonchev–Trinajstić information content (AvgIpc) is 3.28. The zero-order chi connectivity index (χ0) is 15.6. The number of rotatable bonds is 3. The molecule has 1 aliphatic rings. The van der Waals surface area contributed by atoms with Crippen molar-refractivity contribution in [2.24, 2.45) is 4.99 Å². The Morgan fingerprint density at radius 1 is 0.957 bits per heavy atom. The minimum Gasteiger partial charge on any atom is -0.507 e. The van der Waals surface area contributed by atoms with Crippen molar-refractivity contribution in [1.29, 1.82) is 0 Å². The van der Waals surface area contributed by atoms with Crippen LogP contribution in [0.15, 0.2) is 64.3 Å². The van der Waals surface area contributed by atoms with Gasteiger partial charge in [0.1, 0.15) is 11.9 Å². The van der Waals surface area contributed by atoms with Crippen molar-refractivity contribution in [2.75, 3.05) is 0 Å². The van der Waals surface area contributed by atoms with Gasteiger partial charge in [0, 0.05) is 27.8 Å². The van der Waals surface area contributed by atoms with Crippen LogP contribution in [0.3, 0.4) is 0 Å². The molecule has 1 aromatic carbocycles. The molecule has 1 aliphatic heterocycles. The molecule has 116 valence electrons. The molecule has 5 heteroatoms. The lowest BCUT2D eigenvalue weighted by molar-refractivity contribution is 0.447. The molecule has 0 amide bonds. The molecule has 2 aromatic heterocycles. The van der Waals surface area contributed by atoms with E-state index in [0.717, 1.165) is 17.7 Å². The van der Waals surface area contributed by atoms with Crippen LogP contribution in [0.1, 0.15) is 33.9 Å². The number of aromatic hydroxyl groups is 1. The van der Waals surface area contributed by atoms with Crippen LogP contribution in [0.2, 0.25) is 0 Å². The molecule has 0 saturated heterocycles. The van der Waals surface area contributed by atoms with Crippen LogP contribution in [0.5, 0.6) is 5.75 Å². The molecule has 0 aliphatic carbocycles. The Bertz CT molecular complexity index is 809. The summed E-state index contributed by atoms with van der Waals surface area (Å²) < 4.78 is 0. The second-order valence-corrected chi connectivity index (χ2v) is 7.41. The fourth-order valence-corrected chi connectivity index (χ4v) is 4.36. The van der Waals surface area contributed by atoms with Crippen LogP contribution in [0, 0.1) is 0 Å². The first-order valence-electron chi connectivity index (χ1n) is 7.49. The number of thiophene rings is 2. The maximum Gasteiger partial charge on any atom is 0.135 e. The summed E-state index contributed by atoms with van der Waals surface area (Å²) in [7, 11) is 0. The first-order chi connectivity index (χ1) is 11.3. The van der Waals surface area contributed by atoms with Crippen molar-refractivity contribution < 1.29 is 5.11 Å². The molecule has 2 unspecified atom stereocenters. The molecule has 0 fully saturated rings. The van der Waals surface area contributed by atoms with E-state index >= 15 is 0 Å². The summed E-state index contributed by atoms with van der Waals surface area (Å²) in [6, 6.07) is 16.0. The fraction of sp³-hybridized carbons (Fsp3) is 0.167. The molecular formula is C18H16N2OS2. The molecule has 4 rings (SSSR count). The van der Waals surface area contributed by atoms with Gasteiger partial charge in [0.15, 0.2) is 0 Å². The van der Waals surface area contributed by atoms with Crippen molar-refractivity contribution in [3.8, 4) is 5.75 Å². The molecule has 0 saturated carbocycles. The van der Waals surface area contributed by atoms with Gasteiger partial charge in [-0.05, 0) is 35.0 Å². The van der Waals surface area contributed by atoms with Crippen LogP contribution < -0.4 is 5.32 Å². The van der Waals surface area contributed by atoms with E-state index in [9.17, 15) is 5.11 Å². The number of hydrogen-bond donors (Lipinski definition) is 2. The molecule has 2 N–H and O–H groups in total. The summed E-state index contributed by atoms with van der Waals surface area (Å²) >= 11 is 3.46. The fourth-order valence-electron chi connectivity index (χ4n) is 2.85. The second-order valence-electron chi connectivity index (χ2n) is 5.45. The van der Waals surface area contributed by atoms with Crippen molar-refractivity contribution >= 4 is 28.4 Å². The zero-order valence-corrected chi connectivity index (χ0v) is 14.0. The molecular weight excluding hydrogens is 324 g/mol. The Labute approximate surface area is 143 Å². The number of benzene rings is 1. The van der Waals surface area contributed by atoms with Gasteiger partial charge in [-0.1, -0.05) is 24.3 Å². The molecule has 3 aromatic rings. The molecule has 3 heterocycles. The Hall–Kier alpha value is -1.95. The maximum absolute atomic E-state index is 10.2. The van der Waals surface area contributed by atoms with Crippen LogP contribution in [-0.2, 0) is 0 Å². The molecule has 2 atom stereocenters. The van der Waals surface area contributed by atoms with Crippen molar-refractivity contribution in [1.82, 2.24) is 5.32 Å². The van der Waals surface area contributed by atoms with Crippen LogP contribution >= 0.6 is 22.7 Å². The van der Waals surface area contributed by atoms with Crippen LogP contribution in [-0.4, -0.2) is 10.8 Å². The lowest BCUT2D eigenvalue weighted by Crippen LogP contribution is -2.32. The predicted octanol–water partition coefficient (Wildman–Crippen LogP) is 4.74. The third kappa shape index (κ3) is 2.95. The highest BCUT2D eigenvalue weighted by Gasteiger charge is 2.27. The second kappa shape index (κ2) is 6.28. The SMILES string of the molecule is Oc1ccccc1C1=NC(c2cccs2)NC(c2cccs2)C1. The van der Waals surface area contributed by atoms with Gasteiger partial charge in [-0.25, -0.2) is 0 Å². The molecule has 3 nitrogen and oxygen atoms in total. The van der Waals surface area contributed by atoms with Crippen molar-refractivity contribution in [3.63, 3.8) is 0 Å². The highest BCUT2D eigenvalue weighted by molar-refractivity contribution is 7.10. The van der Waals surface area contributed by atoms with Gasteiger partial charge in [0.2, 0.25) is 0 Å². The summed E-state index contributed by atoms with van der Waals surface area (Å²) in [5.74, 6) is 0.294. The smallest absolute Gasteiger partial charge is 0.135 e. The van der Waals surface area contributed by atoms with Gasteiger partial charge in [-0.3, -0.25) is 10.3 Å². The normalized spacial score (nSPS) is 21.1. The van der Waals surface area contributed by atoms with Crippen molar-refractivity contribution in [2.45, 2.75) is 18.6 Å². The van der Waals surface area contributed by atoms with Crippen LogP contribution in [0.4, 0.5) is 0 Å². The molecule has 23 heavy (non-hydrogen) atoms. The number of nitrogens with zero attached hydrogens (tertiary/aromatic N) is 1. The Morgan fingerprint density at radius 3 is 2.39 bits per heavy atom. The lowest BCUT2D eigenvalue weighted by atomic mass is 9.98. The zero-order valence-electron chi connectivity index (χ0n) is 12.3. The standard InChI is InChI=1S/C18H16N2OS2/c21-15-6-2-1-5-12(15)13-11-14(16-7-3-9-22-16)20-18(19-13)17-8-4-10-23-17/h1-10,14,18,20-21H,11H2. The summed E-state index contributed by atoms with van der Waals surface area (Å²) in [6.45, 7) is 0. The van der Waals surface area contributed by atoms with E-state index in [1.54, 1.807) is 28.7 Å². The quantitative estimate of drug-likeness (QED) is 0.723. The average molecular weight is 340 g/mol. The van der Waals surface area contributed by atoms with E-state index in [-0.39, 0.29) is 12.2 Å². The third-order valence-electron chi connectivity index (χ3n) is 3.96. The Kier molecular flexibility index (Phi) is 3.99. The number of para-hydroxylation sites is 1. The van der Waals surface area contributed by atoms with Gasteiger partial charge in [-0.2, -0.15) is 0 Å². The van der Waals surface area contributed by atoms with E-state index < -0.39 is 0 Å². The molecule has 0 spiro atoms. The van der Waals surface area contributed by atoms with Gasteiger partial charge in [0.05, 0.1) is 5.71 Å². The summed E-state index contributed by atoms with van der Waals surface area (Å²) in [4.78, 5) is 7.37. The van der Waals surface area contributed by atoms with Crippen molar-refractivity contribution in [3.05, 3.63) is 74.6 Å². The Balaban J connectivity index is 1.75. The third-order valence-corrected chi connectivity index (χ3v) is 5.87. The van der Waals surface area contributed by atoms with E-state index in [0.29, 0.717) is 5.75 Å². The van der Waals surface area contributed by atoms with E-state index in [1.807, 2.05) is 24.3 Å². The highest BCUT2D eigenvalue weighted by atomic mass is 32.1. The van der Waals surface area contributed by atoms with Gasteiger partial charge in [0.25, 0.3) is 0 Å². The number of phenols is 1. The first kappa shape index (κ1) is 14.6. The minimum absolute atomic E-state index is 0.0644. The highest BCUT2D eigenvalue weighted by Crippen LogP contribution is 2.35. The summed E-state index contributed by atoms with van der Waals surface area (Å²) in [6.07, 6.45) is 0.713. The minimum atomic E-state index is -0.0644. The molecule has 0 bridgehead atoms. The number of hydrogen-bond acceptors (Lipinski definition) is 5. The number of phenolic OH excluding ortho intramolecular Hbond substituents is 1. The largest absolute Gasteiger partial charge is 0.507 e. The Morgan fingerprint density at radius 2 is 1.70 bits per heavy atom. The van der Waals surface area contributed by atoms with E-state index in [4.69, 9.17) is 4.99 Å². The monoisotopic (exact) mass is 340 g/mol. The molecule has 0 radical (unpaired) electrons. The topological polar surface area (TPSA) is 44.6 Å². The lowest BCUT2D eigenvalue weighted by Gasteiger charge is -2.29. The number of nitrogens with one attached hydrogen (secondary N) is 1. The maximum atomic E-state index is 10.2. The van der Waals surface area contributed by atoms with Gasteiger partial charge in [-0.15, -0.1) is 22.7 Å². The van der Waals surface area contributed by atoms with E-state index in [2.05, 4.69) is 34.3 Å². The summed E-state index contributed by atoms with van der Waals surface area (Å²) in [5.41, 5.74) is 1.79. The number of aliphatic imine (C=N–C) groups is 1. The summed E-state index contributed by atoms with van der Waals surface area (Å²) in [5, 5.41) is 18.0. The first-order valence-corrected chi connectivity index (χ1v) is 9.25. The van der Waals surface area contributed by atoms with E-state index in [1.165, 1.54) is 9.75 Å². The van der Waals surface area contributed by atoms with Gasteiger partial charge < -0.3 is 5.11 Å². The van der Waals surface area contributed by atoms with Crippen LogP contribution in [0.25, 0.3) is 0 Å². The predicted molar refractivity (Wildman–Crippen MR) is 96.5 cm³/mol.